The molecule has 1 amide bonds. The molecule has 2 aliphatic rings. The van der Waals surface area contributed by atoms with Gasteiger partial charge in [0.15, 0.2) is 5.69 Å². The average molecular weight is 379 g/mol. The second kappa shape index (κ2) is 7.76. The van der Waals surface area contributed by atoms with Gasteiger partial charge in [0.2, 0.25) is 0 Å². The van der Waals surface area contributed by atoms with Crippen LogP contribution in [0.25, 0.3) is 5.69 Å². The van der Waals surface area contributed by atoms with Crippen LogP contribution >= 0.6 is 12.4 Å². The van der Waals surface area contributed by atoms with E-state index in [0.29, 0.717) is 17.9 Å². The summed E-state index contributed by atoms with van der Waals surface area (Å²) in [6.07, 6.45) is 5.67. The summed E-state index contributed by atoms with van der Waals surface area (Å²) in [6.45, 7) is 1.20. The van der Waals surface area contributed by atoms with Crippen molar-refractivity contribution >= 4 is 18.3 Å². The molecule has 5 nitrogen and oxygen atoms in total. The van der Waals surface area contributed by atoms with Crippen LogP contribution in [0, 0.1) is 5.82 Å². The molecule has 1 aromatic carbocycles. The highest BCUT2D eigenvalue weighted by molar-refractivity contribution is 5.94. The standard InChI is InChI=1S/C19H23FN4O.ClH/c20-15-8-1-2-9-17(15)24-16-10-5-7-14(16)18(22-24)19(25)23-11-4-3-6-13(23)12-21;/h1-2,8-9,13H,3-7,10-12,21H2;1H. The number of nitrogens with two attached hydrogens (primary N) is 1. The Balaban J connectivity index is 0.00000196. The van der Waals surface area contributed by atoms with Crippen LogP contribution in [0.1, 0.15) is 47.4 Å². The van der Waals surface area contributed by atoms with Gasteiger partial charge in [-0.1, -0.05) is 12.1 Å². The van der Waals surface area contributed by atoms with Gasteiger partial charge in [0.05, 0.1) is 0 Å². The van der Waals surface area contributed by atoms with Crippen molar-refractivity contribution in [3.8, 4) is 5.69 Å². The summed E-state index contributed by atoms with van der Waals surface area (Å²) in [5.41, 5.74) is 8.71. The molecule has 1 atom stereocenters. The molecule has 0 spiro atoms. The molecule has 0 bridgehead atoms. The van der Waals surface area contributed by atoms with Gasteiger partial charge in [-0.25, -0.2) is 9.07 Å². The molecule has 2 N–H and O–H groups in total. The van der Waals surface area contributed by atoms with E-state index in [1.807, 2.05) is 4.90 Å². The Morgan fingerprint density at radius 1 is 1.23 bits per heavy atom. The van der Waals surface area contributed by atoms with Crippen LogP contribution in [-0.4, -0.2) is 39.7 Å². The summed E-state index contributed by atoms with van der Waals surface area (Å²) in [4.78, 5) is 15.0. The zero-order chi connectivity index (χ0) is 17.4. The third kappa shape index (κ3) is 3.12. The molecule has 1 aliphatic carbocycles. The quantitative estimate of drug-likeness (QED) is 0.893. The summed E-state index contributed by atoms with van der Waals surface area (Å²) < 4.78 is 15.9. The minimum Gasteiger partial charge on any atom is -0.333 e. The van der Waals surface area contributed by atoms with Crippen LogP contribution in [0.2, 0.25) is 0 Å². The number of rotatable bonds is 3. The Bertz CT molecular complexity index is 807. The van der Waals surface area contributed by atoms with E-state index >= 15 is 0 Å². The smallest absolute Gasteiger partial charge is 0.274 e. The van der Waals surface area contributed by atoms with Crippen molar-refractivity contribution < 1.29 is 9.18 Å². The molecule has 7 heteroatoms. The van der Waals surface area contributed by atoms with E-state index in [-0.39, 0.29) is 30.2 Å². The maximum Gasteiger partial charge on any atom is 0.274 e. The summed E-state index contributed by atoms with van der Waals surface area (Å²) >= 11 is 0. The van der Waals surface area contributed by atoms with Crippen LogP contribution < -0.4 is 5.73 Å². The molecule has 1 fully saturated rings. The molecule has 1 aliphatic heterocycles. The first-order valence-electron chi connectivity index (χ1n) is 9.07. The van der Waals surface area contributed by atoms with Gasteiger partial charge in [-0.3, -0.25) is 4.79 Å². The van der Waals surface area contributed by atoms with E-state index in [0.717, 1.165) is 56.3 Å². The van der Waals surface area contributed by atoms with Crippen molar-refractivity contribution in [2.75, 3.05) is 13.1 Å². The highest BCUT2D eigenvalue weighted by Gasteiger charge is 2.33. The van der Waals surface area contributed by atoms with Crippen LogP contribution in [0.3, 0.4) is 0 Å². The van der Waals surface area contributed by atoms with Gasteiger partial charge in [-0.2, -0.15) is 5.10 Å². The first-order chi connectivity index (χ1) is 12.2. The Labute approximate surface area is 158 Å². The number of para-hydroxylation sites is 1. The molecule has 0 saturated carbocycles. The molecule has 1 unspecified atom stereocenters. The number of amides is 1. The van der Waals surface area contributed by atoms with Crippen LogP contribution in [0.4, 0.5) is 4.39 Å². The van der Waals surface area contributed by atoms with Crippen molar-refractivity contribution in [1.29, 1.82) is 0 Å². The van der Waals surface area contributed by atoms with E-state index in [1.165, 1.54) is 6.07 Å². The average Bonchev–Trinajstić information content (AvgIpc) is 3.24. The zero-order valence-electron chi connectivity index (χ0n) is 14.7. The zero-order valence-corrected chi connectivity index (χ0v) is 15.5. The Morgan fingerprint density at radius 3 is 2.81 bits per heavy atom. The number of nitrogens with zero attached hydrogens (tertiary/aromatic N) is 3. The van der Waals surface area contributed by atoms with E-state index in [9.17, 15) is 9.18 Å². The van der Waals surface area contributed by atoms with Crippen LogP contribution in [-0.2, 0) is 12.8 Å². The molecule has 0 radical (unpaired) electrons. The second-order valence-corrected chi connectivity index (χ2v) is 6.87. The summed E-state index contributed by atoms with van der Waals surface area (Å²) in [5, 5.41) is 4.55. The maximum atomic E-state index is 14.3. The number of hydrogen-bond acceptors (Lipinski definition) is 3. The molecule has 1 saturated heterocycles. The summed E-state index contributed by atoms with van der Waals surface area (Å²) in [7, 11) is 0. The predicted octanol–water partition coefficient (Wildman–Crippen LogP) is 2.88. The van der Waals surface area contributed by atoms with Crippen LogP contribution in [0.5, 0.6) is 0 Å². The van der Waals surface area contributed by atoms with Gasteiger partial charge in [-0.05, 0) is 50.7 Å². The van der Waals surface area contributed by atoms with Gasteiger partial charge < -0.3 is 10.6 Å². The number of piperidine rings is 1. The third-order valence-electron chi connectivity index (χ3n) is 5.37. The number of likely N-dealkylation sites (tertiary alicyclic amines) is 1. The van der Waals surface area contributed by atoms with E-state index in [4.69, 9.17) is 5.73 Å². The lowest BCUT2D eigenvalue weighted by molar-refractivity contribution is 0.0615. The van der Waals surface area contributed by atoms with Gasteiger partial charge in [0.1, 0.15) is 11.5 Å². The normalized spacial score (nSPS) is 19.2. The largest absolute Gasteiger partial charge is 0.333 e. The van der Waals surface area contributed by atoms with Crippen molar-refractivity contribution in [3.05, 3.63) is 47.0 Å². The number of aromatic nitrogens is 2. The number of benzene rings is 1. The van der Waals surface area contributed by atoms with Crippen molar-refractivity contribution in [3.63, 3.8) is 0 Å². The van der Waals surface area contributed by atoms with Crippen molar-refractivity contribution in [2.24, 2.45) is 5.73 Å². The molecule has 140 valence electrons. The highest BCUT2D eigenvalue weighted by atomic mass is 35.5. The number of carbonyl (C=O) groups is 1. The monoisotopic (exact) mass is 378 g/mol. The third-order valence-corrected chi connectivity index (χ3v) is 5.37. The summed E-state index contributed by atoms with van der Waals surface area (Å²) in [6, 6.07) is 6.66. The van der Waals surface area contributed by atoms with Crippen molar-refractivity contribution in [1.82, 2.24) is 14.7 Å². The topological polar surface area (TPSA) is 64.2 Å². The van der Waals surface area contributed by atoms with Gasteiger partial charge in [-0.15, -0.1) is 12.4 Å². The number of fused-ring (bicyclic) bond motifs is 1. The minimum absolute atomic E-state index is 0. The van der Waals surface area contributed by atoms with Crippen molar-refractivity contribution in [2.45, 2.75) is 44.6 Å². The number of halogens is 2. The predicted molar refractivity (Wildman–Crippen MR) is 101 cm³/mol. The highest BCUT2D eigenvalue weighted by Crippen LogP contribution is 2.30. The Kier molecular flexibility index (Phi) is 5.63. The first kappa shape index (κ1) is 18.9. The minimum atomic E-state index is -0.323. The van der Waals surface area contributed by atoms with Gasteiger partial charge in [0, 0.05) is 30.4 Å². The summed E-state index contributed by atoms with van der Waals surface area (Å²) in [5.74, 6) is -0.375. The molecule has 1 aromatic heterocycles. The maximum absolute atomic E-state index is 14.3. The van der Waals surface area contributed by atoms with E-state index in [2.05, 4.69) is 5.10 Å². The lowest BCUT2D eigenvalue weighted by atomic mass is 10.0. The first-order valence-corrected chi connectivity index (χ1v) is 9.07. The second-order valence-electron chi connectivity index (χ2n) is 6.87. The van der Waals surface area contributed by atoms with E-state index in [1.54, 1.807) is 22.9 Å². The SMILES string of the molecule is Cl.NCC1CCCCN1C(=O)c1nn(-c2ccccc2F)c2c1CCC2. The Morgan fingerprint density at radius 2 is 2.04 bits per heavy atom. The fraction of sp³-hybridized carbons (Fsp3) is 0.474. The van der Waals surface area contributed by atoms with Gasteiger partial charge >= 0.3 is 0 Å². The Hall–Kier alpha value is -1.92. The number of carbonyl (C=O) groups excluding carboxylic acids is 1. The molecule has 2 heterocycles. The lowest BCUT2D eigenvalue weighted by Crippen LogP contribution is -2.47. The lowest BCUT2D eigenvalue weighted by Gasteiger charge is -2.34. The molecular weight excluding hydrogens is 355 g/mol. The molecular formula is C19H24ClFN4O. The number of hydrogen-bond donors (Lipinski definition) is 1. The molecule has 4 rings (SSSR count). The van der Waals surface area contributed by atoms with Crippen LogP contribution in [0.15, 0.2) is 24.3 Å². The van der Waals surface area contributed by atoms with Gasteiger partial charge in [0.25, 0.3) is 5.91 Å². The molecule has 2 aromatic rings. The molecule has 26 heavy (non-hydrogen) atoms. The fourth-order valence-corrected chi connectivity index (χ4v) is 4.08. The van der Waals surface area contributed by atoms with E-state index < -0.39 is 0 Å². The fourth-order valence-electron chi connectivity index (χ4n) is 4.08.